The fraction of sp³-hybridized carbons (Fsp3) is 0.667. The van der Waals surface area contributed by atoms with Gasteiger partial charge in [0.2, 0.25) is 0 Å². The molecule has 6 nitrogen and oxygen atoms in total. The van der Waals surface area contributed by atoms with Gasteiger partial charge in [-0.25, -0.2) is 13.4 Å². The van der Waals surface area contributed by atoms with Crippen molar-refractivity contribution in [2.75, 3.05) is 24.6 Å². The summed E-state index contributed by atoms with van der Waals surface area (Å²) in [6, 6.07) is 9.11. The molecule has 164 valence electrons. The number of likely N-dealkylation sites (tertiary alicyclic amines) is 1. The Hall–Kier alpha value is -0.870. The van der Waals surface area contributed by atoms with E-state index >= 15 is 0 Å². The average Bonchev–Trinajstić information content (AvgIpc) is 3.01. The van der Waals surface area contributed by atoms with Gasteiger partial charge in [-0.1, -0.05) is 30.7 Å². The first kappa shape index (κ1) is 24.4. The Labute approximate surface area is 192 Å². The number of benzene rings is 1. The van der Waals surface area contributed by atoms with E-state index in [1.165, 1.54) is 36.9 Å². The molecule has 0 bridgehead atoms. The van der Waals surface area contributed by atoms with E-state index < -0.39 is 9.84 Å². The fourth-order valence-electron chi connectivity index (χ4n) is 4.06. The number of aliphatic imine (C=N–C) groups is 1. The number of guanidine groups is 1. The molecule has 0 spiro atoms. The van der Waals surface area contributed by atoms with Gasteiger partial charge in [-0.15, -0.1) is 24.0 Å². The molecule has 0 aliphatic carbocycles. The van der Waals surface area contributed by atoms with Gasteiger partial charge >= 0.3 is 0 Å². The fourth-order valence-corrected chi connectivity index (χ4v) is 5.74. The number of nitrogens with zero attached hydrogens (tertiary/aromatic N) is 2. The predicted octanol–water partition coefficient (Wildman–Crippen LogP) is 2.92. The lowest BCUT2D eigenvalue weighted by Crippen LogP contribution is -2.44. The highest BCUT2D eigenvalue weighted by molar-refractivity contribution is 14.0. The molecule has 2 atom stereocenters. The summed E-state index contributed by atoms with van der Waals surface area (Å²) >= 11 is 0. The van der Waals surface area contributed by atoms with Crippen molar-refractivity contribution >= 4 is 39.8 Å². The number of piperidine rings is 1. The number of hydrogen-bond donors (Lipinski definition) is 2. The third kappa shape index (κ3) is 7.40. The summed E-state index contributed by atoms with van der Waals surface area (Å²) in [4.78, 5) is 7.32. The minimum atomic E-state index is -2.90. The molecule has 29 heavy (non-hydrogen) atoms. The first-order chi connectivity index (χ1) is 13.5. The Balaban J connectivity index is 0.00000300. The molecule has 0 aromatic heterocycles. The van der Waals surface area contributed by atoms with Crippen LogP contribution in [-0.4, -0.2) is 56.0 Å². The zero-order chi connectivity index (χ0) is 20.0. The van der Waals surface area contributed by atoms with Crippen molar-refractivity contribution in [3.05, 3.63) is 35.4 Å². The van der Waals surface area contributed by atoms with Gasteiger partial charge in [-0.3, -0.25) is 4.90 Å². The Morgan fingerprint density at radius 3 is 2.62 bits per heavy atom. The Morgan fingerprint density at radius 1 is 1.21 bits per heavy atom. The molecule has 2 fully saturated rings. The molecule has 2 saturated heterocycles. The molecule has 2 aliphatic heterocycles. The van der Waals surface area contributed by atoms with Gasteiger partial charge < -0.3 is 10.6 Å². The SMILES string of the molecule is CCNC(=NCc1ccccc1CN1CCCCC1C)NC1CCS(=O)(=O)C1.I. The van der Waals surface area contributed by atoms with Crippen molar-refractivity contribution < 1.29 is 8.42 Å². The maximum absolute atomic E-state index is 11.7. The molecular weight excluding hydrogens is 499 g/mol. The van der Waals surface area contributed by atoms with Crippen molar-refractivity contribution in [1.29, 1.82) is 0 Å². The Bertz CT molecular complexity index is 785. The predicted molar refractivity (Wildman–Crippen MR) is 131 cm³/mol. The number of hydrogen-bond acceptors (Lipinski definition) is 4. The normalized spacial score (nSPS) is 24.7. The van der Waals surface area contributed by atoms with E-state index in [1.807, 2.05) is 6.92 Å². The van der Waals surface area contributed by atoms with Crippen LogP contribution < -0.4 is 10.6 Å². The second-order valence-corrected chi connectivity index (χ2v) is 10.3. The average molecular weight is 535 g/mol. The maximum Gasteiger partial charge on any atom is 0.191 e. The van der Waals surface area contributed by atoms with Crippen LogP contribution in [0.1, 0.15) is 50.7 Å². The zero-order valence-corrected chi connectivity index (χ0v) is 20.7. The monoisotopic (exact) mass is 534 g/mol. The highest BCUT2D eigenvalue weighted by atomic mass is 127. The molecule has 1 aromatic carbocycles. The molecular formula is C21H35IN4O2S. The van der Waals surface area contributed by atoms with Crippen molar-refractivity contribution in [2.24, 2.45) is 4.99 Å². The van der Waals surface area contributed by atoms with Gasteiger partial charge in [0.15, 0.2) is 15.8 Å². The number of sulfone groups is 1. The van der Waals surface area contributed by atoms with Crippen LogP contribution in [0.5, 0.6) is 0 Å². The van der Waals surface area contributed by atoms with E-state index in [0.29, 0.717) is 25.0 Å². The van der Waals surface area contributed by atoms with Gasteiger partial charge in [0, 0.05) is 25.2 Å². The molecule has 2 unspecified atom stereocenters. The van der Waals surface area contributed by atoms with Crippen LogP contribution in [0.25, 0.3) is 0 Å². The van der Waals surface area contributed by atoms with Crippen molar-refractivity contribution in [3.8, 4) is 0 Å². The van der Waals surface area contributed by atoms with E-state index in [9.17, 15) is 8.42 Å². The van der Waals surface area contributed by atoms with Crippen LogP contribution in [0.15, 0.2) is 29.3 Å². The Morgan fingerprint density at radius 2 is 1.97 bits per heavy atom. The second-order valence-electron chi connectivity index (χ2n) is 8.02. The lowest BCUT2D eigenvalue weighted by atomic mass is 10.0. The lowest BCUT2D eigenvalue weighted by Gasteiger charge is -2.33. The summed E-state index contributed by atoms with van der Waals surface area (Å²) in [6.45, 7) is 7.82. The topological polar surface area (TPSA) is 73.8 Å². The number of rotatable bonds is 6. The summed E-state index contributed by atoms with van der Waals surface area (Å²) in [5.74, 6) is 1.16. The molecule has 2 N–H and O–H groups in total. The van der Waals surface area contributed by atoms with Gasteiger partial charge in [0.25, 0.3) is 0 Å². The molecule has 0 amide bonds. The van der Waals surface area contributed by atoms with Gasteiger partial charge in [0.1, 0.15) is 0 Å². The van der Waals surface area contributed by atoms with Crippen LogP contribution in [-0.2, 0) is 22.9 Å². The van der Waals surface area contributed by atoms with Gasteiger partial charge in [0.05, 0.1) is 18.1 Å². The standard InChI is InChI=1S/C21H34N4O2S.HI/c1-3-22-21(24-20-11-13-28(26,27)16-20)23-14-18-9-4-5-10-19(18)15-25-12-7-6-8-17(25)2;/h4-5,9-10,17,20H,3,6-8,11-16H2,1-2H3,(H2,22,23,24);1H. The van der Waals surface area contributed by atoms with Crippen molar-refractivity contribution in [2.45, 2.75) is 64.7 Å². The van der Waals surface area contributed by atoms with E-state index in [2.05, 4.69) is 46.7 Å². The minimum absolute atomic E-state index is 0. The zero-order valence-electron chi connectivity index (χ0n) is 17.6. The van der Waals surface area contributed by atoms with Crippen LogP contribution in [0.2, 0.25) is 0 Å². The van der Waals surface area contributed by atoms with E-state index in [-0.39, 0.29) is 41.5 Å². The van der Waals surface area contributed by atoms with Gasteiger partial charge in [-0.2, -0.15) is 0 Å². The summed E-state index contributed by atoms with van der Waals surface area (Å²) in [6.07, 6.45) is 4.54. The maximum atomic E-state index is 11.7. The smallest absolute Gasteiger partial charge is 0.191 e. The van der Waals surface area contributed by atoms with Crippen LogP contribution in [0.3, 0.4) is 0 Å². The van der Waals surface area contributed by atoms with E-state index in [0.717, 1.165) is 13.1 Å². The Kier molecular flexibility index (Phi) is 9.68. The molecule has 1 aromatic rings. The molecule has 0 radical (unpaired) electrons. The number of nitrogens with one attached hydrogen (secondary N) is 2. The largest absolute Gasteiger partial charge is 0.357 e. The molecule has 2 aliphatic rings. The van der Waals surface area contributed by atoms with Crippen LogP contribution in [0.4, 0.5) is 0 Å². The van der Waals surface area contributed by atoms with E-state index in [4.69, 9.17) is 4.99 Å². The van der Waals surface area contributed by atoms with Crippen LogP contribution in [0, 0.1) is 0 Å². The summed E-state index contributed by atoms with van der Waals surface area (Å²) < 4.78 is 23.4. The van der Waals surface area contributed by atoms with Crippen LogP contribution >= 0.6 is 24.0 Å². The minimum Gasteiger partial charge on any atom is -0.357 e. The molecule has 0 saturated carbocycles. The first-order valence-corrected chi connectivity index (χ1v) is 12.3. The molecule has 8 heteroatoms. The first-order valence-electron chi connectivity index (χ1n) is 10.5. The van der Waals surface area contributed by atoms with Crippen molar-refractivity contribution in [1.82, 2.24) is 15.5 Å². The summed E-state index contributed by atoms with van der Waals surface area (Å²) in [5, 5.41) is 6.55. The quantitative estimate of drug-likeness (QED) is 0.334. The van der Waals surface area contributed by atoms with Crippen molar-refractivity contribution in [3.63, 3.8) is 0 Å². The summed E-state index contributed by atoms with van der Waals surface area (Å²) in [5.41, 5.74) is 2.57. The lowest BCUT2D eigenvalue weighted by molar-refractivity contribution is 0.152. The van der Waals surface area contributed by atoms with Gasteiger partial charge in [-0.05, 0) is 50.8 Å². The van der Waals surface area contributed by atoms with E-state index in [1.54, 1.807) is 0 Å². The highest BCUT2D eigenvalue weighted by Crippen LogP contribution is 2.21. The third-order valence-electron chi connectivity index (χ3n) is 5.76. The third-order valence-corrected chi connectivity index (χ3v) is 7.53. The summed E-state index contributed by atoms with van der Waals surface area (Å²) in [7, 11) is -2.90. The molecule has 3 rings (SSSR count). The highest BCUT2D eigenvalue weighted by Gasteiger charge is 2.28. The number of halogens is 1. The second kappa shape index (κ2) is 11.5. The molecule has 2 heterocycles.